The lowest BCUT2D eigenvalue weighted by Gasteiger charge is -2.44. The predicted molar refractivity (Wildman–Crippen MR) is 83.1 cm³/mol. The largest absolute Gasteiger partial charge is 0.387 e. The molecule has 1 aromatic rings. The summed E-state index contributed by atoms with van der Waals surface area (Å²) < 4.78 is 6.14. The minimum Gasteiger partial charge on any atom is -0.387 e. The molecule has 2 unspecified atom stereocenters. The second-order valence-electron chi connectivity index (χ2n) is 6.45. The van der Waals surface area contributed by atoms with Crippen LogP contribution in [0.5, 0.6) is 0 Å². The van der Waals surface area contributed by atoms with E-state index in [9.17, 15) is 5.11 Å². The third-order valence-electron chi connectivity index (χ3n) is 5.06. The van der Waals surface area contributed by atoms with E-state index in [1.54, 1.807) is 11.3 Å². The van der Waals surface area contributed by atoms with Gasteiger partial charge in [0.1, 0.15) is 0 Å². The molecule has 0 bridgehead atoms. The molecule has 20 heavy (non-hydrogen) atoms. The van der Waals surface area contributed by atoms with E-state index < -0.39 is 0 Å². The van der Waals surface area contributed by atoms with E-state index in [1.807, 2.05) is 0 Å². The zero-order valence-electron chi connectivity index (χ0n) is 12.4. The fraction of sp³-hybridized carbons (Fsp3) is 0.765. The number of rotatable bonds is 3. The third-order valence-corrected chi connectivity index (χ3v) is 6.37. The van der Waals surface area contributed by atoms with Gasteiger partial charge in [-0.1, -0.05) is 26.2 Å². The molecule has 2 heterocycles. The van der Waals surface area contributed by atoms with Gasteiger partial charge < -0.3 is 9.84 Å². The number of aliphatic hydroxyl groups excluding tert-OH is 1. The van der Waals surface area contributed by atoms with Crippen molar-refractivity contribution in [1.82, 2.24) is 0 Å². The first-order chi connectivity index (χ1) is 9.72. The molecule has 0 amide bonds. The minimum absolute atomic E-state index is 0.0903. The van der Waals surface area contributed by atoms with Crippen molar-refractivity contribution >= 4 is 11.3 Å². The Morgan fingerprint density at radius 1 is 1.35 bits per heavy atom. The zero-order valence-corrected chi connectivity index (χ0v) is 13.3. The van der Waals surface area contributed by atoms with Gasteiger partial charge in [-0.3, -0.25) is 0 Å². The van der Waals surface area contributed by atoms with Crippen molar-refractivity contribution in [2.24, 2.45) is 5.92 Å². The number of hydrogen-bond donors (Lipinski definition) is 1. The van der Waals surface area contributed by atoms with Gasteiger partial charge in [-0.25, -0.2) is 0 Å². The Balaban J connectivity index is 1.69. The van der Waals surface area contributed by atoms with Crippen LogP contribution in [0.4, 0.5) is 0 Å². The van der Waals surface area contributed by atoms with E-state index in [4.69, 9.17) is 4.74 Å². The Kier molecular flexibility index (Phi) is 4.49. The van der Waals surface area contributed by atoms with Crippen LogP contribution in [0, 0.1) is 5.92 Å². The first-order valence-electron chi connectivity index (χ1n) is 8.13. The maximum atomic E-state index is 10.7. The van der Waals surface area contributed by atoms with Gasteiger partial charge in [-0.2, -0.15) is 0 Å². The van der Waals surface area contributed by atoms with Crippen LogP contribution in [-0.2, 0) is 11.2 Å². The fourth-order valence-electron chi connectivity index (χ4n) is 3.86. The molecule has 3 rings (SSSR count). The molecule has 3 heteroatoms. The molecule has 2 aliphatic rings. The smallest absolute Gasteiger partial charge is 0.0912 e. The van der Waals surface area contributed by atoms with Gasteiger partial charge in [0.2, 0.25) is 0 Å². The molecular weight excluding hydrogens is 268 g/mol. The van der Waals surface area contributed by atoms with Crippen LogP contribution in [0.15, 0.2) is 12.1 Å². The summed E-state index contributed by atoms with van der Waals surface area (Å²) in [5.74, 6) is 0.380. The van der Waals surface area contributed by atoms with Gasteiger partial charge >= 0.3 is 0 Å². The van der Waals surface area contributed by atoms with Gasteiger partial charge in [0.05, 0.1) is 11.7 Å². The van der Waals surface area contributed by atoms with Crippen LogP contribution in [0.3, 0.4) is 0 Å². The molecule has 1 aromatic heterocycles. The predicted octanol–water partition coefficient (Wildman–Crippen LogP) is 4.47. The quantitative estimate of drug-likeness (QED) is 0.891. The average Bonchev–Trinajstić information content (AvgIpc) is 2.96. The summed E-state index contributed by atoms with van der Waals surface area (Å²) in [7, 11) is 0. The second kappa shape index (κ2) is 6.17. The fourth-order valence-corrected chi connectivity index (χ4v) is 4.89. The van der Waals surface area contributed by atoms with E-state index in [1.165, 1.54) is 37.0 Å². The Morgan fingerprint density at radius 3 is 2.85 bits per heavy atom. The van der Waals surface area contributed by atoms with Crippen LogP contribution < -0.4 is 0 Å². The normalized spacial score (nSPS) is 27.6. The van der Waals surface area contributed by atoms with Crippen LogP contribution in [0.2, 0.25) is 0 Å². The molecule has 0 aromatic carbocycles. The Hall–Kier alpha value is -0.380. The molecule has 1 N–H and O–H groups in total. The van der Waals surface area contributed by atoms with Crippen LogP contribution >= 0.6 is 11.3 Å². The van der Waals surface area contributed by atoms with E-state index in [-0.39, 0.29) is 11.7 Å². The number of aliphatic hydroxyl groups is 1. The standard InChI is InChI=1S/C17H26O2S/c1-2-14-6-7-15(20-14)16(18)13-8-11-19-17(12-13)9-4-3-5-10-17/h6-7,13,16,18H,2-5,8-12H2,1H3. The van der Waals surface area contributed by atoms with Crippen molar-refractivity contribution in [2.45, 2.75) is 70.0 Å². The Labute approximate surface area is 126 Å². The van der Waals surface area contributed by atoms with Gasteiger partial charge in [-0.15, -0.1) is 11.3 Å². The average molecular weight is 294 g/mol. The molecule has 1 saturated carbocycles. The molecule has 1 aliphatic heterocycles. The van der Waals surface area contributed by atoms with Gasteiger partial charge in [-0.05, 0) is 50.2 Å². The Morgan fingerprint density at radius 2 is 2.15 bits per heavy atom. The molecule has 2 fully saturated rings. The van der Waals surface area contributed by atoms with Crippen molar-refractivity contribution in [1.29, 1.82) is 0 Å². The summed E-state index contributed by atoms with van der Waals surface area (Å²) in [6, 6.07) is 4.29. The van der Waals surface area contributed by atoms with E-state index in [0.29, 0.717) is 5.92 Å². The summed E-state index contributed by atoms with van der Waals surface area (Å²) in [4.78, 5) is 2.53. The summed E-state index contributed by atoms with van der Waals surface area (Å²) in [6.45, 7) is 3.00. The number of thiophene rings is 1. The van der Waals surface area contributed by atoms with Gasteiger partial charge in [0, 0.05) is 16.4 Å². The van der Waals surface area contributed by atoms with E-state index in [2.05, 4.69) is 19.1 Å². The highest BCUT2D eigenvalue weighted by molar-refractivity contribution is 7.12. The molecule has 2 atom stereocenters. The highest BCUT2D eigenvalue weighted by Crippen LogP contribution is 2.45. The summed E-state index contributed by atoms with van der Waals surface area (Å²) in [5.41, 5.74) is 0.0903. The highest BCUT2D eigenvalue weighted by Gasteiger charge is 2.40. The minimum atomic E-state index is -0.289. The number of ether oxygens (including phenoxy) is 1. The third kappa shape index (κ3) is 2.95. The molecular formula is C17H26O2S. The molecule has 2 nitrogen and oxygen atoms in total. The van der Waals surface area contributed by atoms with Crippen LogP contribution in [0.1, 0.15) is 67.7 Å². The Bertz CT molecular complexity index is 428. The van der Waals surface area contributed by atoms with Crippen molar-refractivity contribution in [3.8, 4) is 0 Å². The van der Waals surface area contributed by atoms with Crippen molar-refractivity contribution in [3.63, 3.8) is 0 Å². The van der Waals surface area contributed by atoms with Gasteiger partial charge in [0.15, 0.2) is 0 Å². The van der Waals surface area contributed by atoms with Gasteiger partial charge in [0.25, 0.3) is 0 Å². The molecule has 0 radical (unpaired) electrons. The molecule has 112 valence electrons. The highest BCUT2D eigenvalue weighted by atomic mass is 32.1. The van der Waals surface area contributed by atoms with Crippen molar-refractivity contribution in [3.05, 3.63) is 21.9 Å². The van der Waals surface area contributed by atoms with Crippen LogP contribution in [0.25, 0.3) is 0 Å². The first kappa shape index (κ1) is 14.6. The van der Waals surface area contributed by atoms with E-state index >= 15 is 0 Å². The van der Waals surface area contributed by atoms with Crippen LogP contribution in [-0.4, -0.2) is 17.3 Å². The maximum Gasteiger partial charge on any atom is 0.0912 e. The molecule has 1 spiro atoms. The zero-order chi connectivity index (χ0) is 14.0. The topological polar surface area (TPSA) is 29.5 Å². The second-order valence-corrected chi connectivity index (χ2v) is 7.65. The lowest BCUT2D eigenvalue weighted by molar-refractivity contribution is -0.133. The number of hydrogen-bond acceptors (Lipinski definition) is 3. The number of aryl methyl sites for hydroxylation is 1. The summed E-state index contributed by atoms with van der Waals surface area (Å²) >= 11 is 1.78. The molecule has 1 saturated heterocycles. The summed E-state index contributed by atoms with van der Waals surface area (Å²) in [5, 5.41) is 10.7. The van der Waals surface area contributed by atoms with Crippen molar-refractivity contribution < 1.29 is 9.84 Å². The SMILES string of the molecule is CCc1ccc(C(O)C2CCOC3(CCCCC3)C2)s1. The maximum absolute atomic E-state index is 10.7. The molecule has 1 aliphatic carbocycles. The monoisotopic (exact) mass is 294 g/mol. The lowest BCUT2D eigenvalue weighted by Crippen LogP contribution is -2.42. The lowest BCUT2D eigenvalue weighted by atomic mass is 9.74. The summed E-state index contributed by atoms with van der Waals surface area (Å²) in [6.07, 6.45) is 9.15. The van der Waals surface area contributed by atoms with E-state index in [0.717, 1.165) is 30.7 Å². The first-order valence-corrected chi connectivity index (χ1v) is 8.95. The van der Waals surface area contributed by atoms with Crippen molar-refractivity contribution in [2.75, 3.05) is 6.61 Å².